The van der Waals surface area contributed by atoms with Crippen molar-refractivity contribution in [3.63, 3.8) is 0 Å². The SMILES string of the molecule is CNC(CCc1ccc(OC)cc1)c1ccc(C)cc1Br. The summed E-state index contributed by atoms with van der Waals surface area (Å²) in [5, 5.41) is 3.42. The predicted molar refractivity (Wildman–Crippen MR) is 92.0 cm³/mol. The van der Waals surface area contributed by atoms with Crippen LogP contribution >= 0.6 is 15.9 Å². The molecule has 0 bridgehead atoms. The fourth-order valence-electron chi connectivity index (χ4n) is 2.47. The highest BCUT2D eigenvalue weighted by molar-refractivity contribution is 9.10. The molecule has 0 spiro atoms. The van der Waals surface area contributed by atoms with Crippen LogP contribution in [-0.2, 0) is 6.42 Å². The molecule has 0 aromatic heterocycles. The predicted octanol–water partition coefficient (Wildman–Crippen LogP) is 4.66. The Morgan fingerprint density at radius 1 is 1.14 bits per heavy atom. The summed E-state index contributed by atoms with van der Waals surface area (Å²) in [5.41, 5.74) is 3.92. The Balaban J connectivity index is 2.04. The van der Waals surface area contributed by atoms with E-state index < -0.39 is 0 Å². The highest BCUT2D eigenvalue weighted by Crippen LogP contribution is 2.27. The van der Waals surface area contributed by atoms with Crippen molar-refractivity contribution in [2.45, 2.75) is 25.8 Å². The van der Waals surface area contributed by atoms with Gasteiger partial charge in [-0.3, -0.25) is 0 Å². The van der Waals surface area contributed by atoms with Crippen LogP contribution < -0.4 is 10.1 Å². The molecule has 0 saturated heterocycles. The molecule has 2 rings (SSSR count). The third-order valence-electron chi connectivity index (χ3n) is 3.76. The van der Waals surface area contributed by atoms with Gasteiger partial charge < -0.3 is 10.1 Å². The van der Waals surface area contributed by atoms with Crippen molar-refractivity contribution in [2.24, 2.45) is 0 Å². The Morgan fingerprint density at radius 3 is 2.43 bits per heavy atom. The second-order valence-electron chi connectivity index (χ2n) is 5.25. The maximum atomic E-state index is 5.19. The fraction of sp³-hybridized carbons (Fsp3) is 0.333. The lowest BCUT2D eigenvalue weighted by Crippen LogP contribution is -2.17. The molecule has 3 heteroatoms. The molecule has 0 aliphatic rings. The van der Waals surface area contributed by atoms with Gasteiger partial charge in [-0.1, -0.05) is 40.2 Å². The summed E-state index contributed by atoms with van der Waals surface area (Å²) < 4.78 is 6.37. The third-order valence-corrected chi connectivity index (χ3v) is 4.45. The summed E-state index contributed by atoms with van der Waals surface area (Å²) in [6, 6.07) is 15.2. The van der Waals surface area contributed by atoms with Crippen LogP contribution in [0.1, 0.15) is 29.2 Å². The molecule has 1 atom stereocenters. The zero-order chi connectivity index (χ0) is 15.2. The van der Waals surface area contributed by atoms with E-state index >= 15 is 0 Å². The summed E-state index contributed by atoms with van der Waals surface area (Å²) >= 11 is 3.68. The van der Waals surface area contributed by atoms with Gasteiger partial charge in [0.25, 0.3) is 0 Å². The number of benzene rings is 2. The lowest BCUT2D eigenvalue weighted by molar-refractivity contribution is 0.414. The van der Waals surface area contributed by atoms with Gasteiger partial charge in [-0.2, -0.15) is 0 Å². The Bertz CT molecular complexity index is 580. The van der Waals surface area contributed by atoms with E-state index in [2.05, 4.69) is 58.5 Å². The van der Waals surface area contributed by atoms with Gasteiger partial charge in [0, 0.05) is 10.5 Å². The van der Waals surface area contributed by atoms with Gasteiger partial charge in [0.2, 0.25) is 0 Å². The smallest absolute Gasteiger partial charge is 0.118 e. The lowest BCUT2D eigenvalue weighted by Gasteiger charge is -2.18. The van der Waals surface area contributed by atoms with Crippen molar-refractivity contribution in [3.8, 4) is 5.75 Å². The van der Waals surface area contributed by atoms with Crippen molar-refractivity contribution >= 4 is 15.9 Å². The van der Waals surface area contributed by atoms with Gasteiger partial charge in [-0.25, -0.2) is 0 Å². The monoisotopic (exact) mass is 347 g/mol. The van der Waals surface area contributed by atoms with Crippen LogP contribution in [0.2, 0.25) is 0 Å². The zero-order valence-corrected chi connectivity index (χ0v) is 14.4. The van der Waals surface area contributed by atoms with E-state index in [0.29, 0.717) is 6.04 Å². The van der Waals surface area contributed by atoms with Gasteiger partial charge >= 0.3 is 0 Å². The maximum absolute atomic E-state index is 5.19. The Labute approximate surface area is 135 Å². The van der Waals surface area contributed by atoms with E-state index in [1.807, 2.05) is 19.2 Å². The minimum Gasteiger partial charge on any atom is -0.497 e. The third kappa shape index (κ3) is 4.32. The lowest BCUT2D eigenvalue weighted by atomic mass is 9.98. The van der Waals surface area contributed by atoms with Crippen molar-refractivity contribution in [3.05, 3.63) is 63.6 Å². The number of nitrogens with one attached hydrogen (secondary N) is 1. The van der Waals surface area contributed by atoms with Crippen LogP contribution in [0, 0.1) is 6.92 Å². The van der Waals surface area contributed by atoms with Crippen molar-refractivity contribution in [2.75, 3.05) is 14.2 Å². The summed E-state index contributed by atoms with van der Waals surface area (Å²) in [7, 11) is 3.71. The van der Waals surface area contributed by atoms with Crippen LogP contribution in [0.3, 0.4) is 0 Å². The van der Waals surface area contributed by atoms with Gasteiger partial charge in [-0.05, 0) is 61.7 Å². The largest absolute Gasteiger partial charge is 0.497 e. The number of methoxy groups -OCH3 is 1. The van der Waals surface area contributed by atoms with Gasteiger partial charge in [-0.15, -0.1) is 0 Å². The highest BCUT2D eigenvalue weighted by atomic mass is 79.9. The summed E-state index contributed by atoms with van der Waals surface area (Å²) in [6.45, 7) is 2.11. The molecule has 21 heavy (non-hydrogen) atoms. The molecule has 0 aliphatic heterocycles. The van der Waals surface area contributed by atoms with Crippen LogP contribution in [0.15, 0.2) is 46.9 Å². The number of ether oxygens (including phenoxy) is 1. The molecule has 1 unspecified atom stereocenters. The number of aryl methyl sites for hydroxylation is 2. The topological polar surface area (TPSA) is 21.3 Å². The summed E-state index contributed by atoms with van der Waals surface area (Å²) in [4.78, 5) is 0. The average Bonchev–Trinajstić information content (AvgIpc) is 2.50. The Morgan fingerprint density at radius 2 is 1.86 bits per heavy atom. The molecule has 2 nitrogen and oxygen atoms in total. The number of hydrogen-bond acceptors (Lipinski definition) is 2. The van der Waals surface area contributed by atoms with Gasteiger partial charge in [0.15, 0.2) is 0 Å². The van der Waals surface area contributed by atoms with Gasteiger partial charge in [0.1, 0.15) is 5.75 Å². The normalized spacial score (nSPS) is 12.2. The first-order valence-corrected chi connectivity index (χ1v) is 7.99. The quantitative estimate of drug-likeness (QED) is 0.820. The number of halogens is 1. The first-order chi connectivity index (χ1) is 10.1. The zero-order valence-electron chi connectivity index (χ0n) is 12.8. The molecular weight excluding hydrogens is 326 g/mol. The van der Waals surface area contributed by atoms with E-state index in [1.165, 1.54) is 21.2 Å². The van der Waals surface area contributed by atoms with E-state index in [4.69, 9.17) is 4.74 Å². The van der Waals surface area contributed by atoms with E-state index in [1.54, 1.807) is 7.11 Å². The maximum Gasteiger partial charge on any atom is 0.118 e. The number of hydrogen-bond donors (Lipinski definition) is 1. The summed E-state index contributed by atoms with van der Waals surface area (Å²) in [6.07, 6.45) is 2.10. The van der Waals surface area contributed by atoms with Crippen molar-refractivity contribution < 1.29 is 4.74 Å². The average molecular weight is 348 g/mol. The standard InChI is InChI=1S/C18H22BrNO/c1-13-4-10-16(17(19)12-13)18(20-2)11-7-14-5-8-15(21-3)9-6-14/h4-6,8-10,12,18,20H,7,11H2,1-3H3. The molecule has 2 aromatic carbocycles. The second-order valence-corrected chi connectivity index (χ2v) is 6.11. The minimum atomic E-state index is 0.349. The van der Waals surface area contributed by atoms with Crippen LogP contribution in [-0.4, -0.2) is 14.2 Å². The fourth-order valence-corrected chi connectivity index (χ4v) is 3.24. The Kier molecular flexibility index (Phi) is 5.83. The van der Waals surface area contributed by atoms with Crippen LogP contribution in [0.5, 0.6) is 5.75 Å². The van der Waals surface area contributed by atoms with Crippen molar-refractivity contribution in [1.29, 1.82) is 0 Å². The molecule has 0 amide bonds. The van der Waals surface area contributed by atoms with Crippen LogP contribution in [0.4, 0.5) is 0 Å². The molecule has 2 aromatic rings. The molecular formula is C18H22BrNO. The van der Waals surface area contributed by atoms with E-state index in [9.17, 15) is 0 Å². The molecule has 112 valence electrons. The van der Waals surface area contributed by atoms with E-state index in [0.717, 1.165) is 18.6 Å². The number of rotatable bonds is 6. The molecule has 0 aliphatic carbocycles. The van der Waals surface area contributed by atoms with Crippen molar-refractivity contribution in [1.82, 2.24) is 5.32 Å². The molecule has 0 fully saturated rings. The molecule has 0 radical (unpaired) electrons. The molecule has 1 N–H and O–H groups in total. The Hall–Kier alpha value is -1.32. The first-order valence-electron chi connectivity index (χ1n) is 7.20. The van der Waals surface area contributed by atoms with Gasteiger partial charge in [0.05, 0.1) is 7.11 Å². The minimum absolute atomic E-state index is 0.349. The first kappa shape index (κ1) is 16.1. The highest BCUT2D eigenvalue weighted by Gasteiger charge is 2.12. The summed E-state index contributed by atoms with van der Waals surface area (Å²) in [5.74, 6) is 0.908. The van der Waals surface area contributed by atoms with E-state index in [-0.39, 0.29) is 0 Å². The van der Waals surface area contributed by atoms with Crippen LogP contribution in [0.25, 0.3) is 0 Å². The molecule has 0 saturated carbocycles. The second kappa shape index (κ2) is 7.62. The molecule has 0 heterocycles.